The van der Waals surface area contributed by atoms with E-state index < -0.39 is 74.2 Å². The van der Waals surface area contributed by atoms with Gasteiger partial charge in [-0.15, -0.1) is 0 Å². The molecular formula is C55H109NO10. The molecule has 1 saturated heterocycles. The van der Waals surface area contributed by atoms with Crippen molar-refractivity contribution >= 4 is 5.91 Å². The van der Waals surface area contributed by atoms with Crippen LogP contribution in [0.3, 0.4) is 0 Å². The molecule has 1 amide bonds. The van der Waals surface area contributed by atoms with Gasteiger partial charge in [-0.25, -0.2) is 0 Å². The molecular weight excluding hydrogens is 835 g/mol. The summed E-state index contributed by atoms with van der Waals surface area (Å²) < 4.78 is 11.1. The topological polar surface area (TPSA) is 189 Å². The Morgan fingerprint density at radius 2 is 0.788 bits per heavy atom. The van der Waals surface area contributed by atoms with E-state index in [0.717, 1.165) is 38.5 Å². The molecule has 1 fully saturated rings. The van der Waals surface area contributed by atoms with Crippen LogP contribution in [-0.2, 0) is 14.3 Å². The monoisotopic (exact) mass is 944 g/mol. The number of carbonyl (C=O) groups excluding carboxylic acids is 1. The van der Waals surface area contributed by atoms with Crippen LogP contribution < -0.4 is 5.32 Å². The predicted octanol–water partition coefficient (Wildman–Crippen LogP) is 11.4. The minimum atomic E-state index is -1.66. The molecule has 1 aliphatic rings. The standard InChI is InChI=1S/C55H109NO10/c1-3-5-7-9-11-13-15-17-19-20-21-22-23-24-25-26-27-29-31-33-35-37-39-41-43-48(59)54(64)56-46(45-65-55-53(63)52(62)51(61)49(44-57)66-55)50(60)47(58)42-40-38-36-34-32-30-28-18-16-14-12-10-8-6-4-2/h46-53,55,57-63H,3-45H2,1-2H3,(H,56,64). The summed E-state index contributed by atoms with van der Waals surface area (Å²) in [6, 6.07) is -1.16. The van der Waals surface area contributed by atoms with E-state index in [2.05, 4.69) is 19.2 Å². The van der Waals surface area contributed by atoms with Crippen LogP contribution in [0.2, 0.25) is 0 Å². The summed E-state index contributed by atoms with van der Waals surface area (Å²) in [5.41, 5.74) is 0. The lowest BCUT2D eigenvalue weighted by atomic mass is 9.98. The number of unbranched alkanes of at least 4 members (excludes halogenated alkanes) is 37. The third-order valence-electron chi connectivity index (χ3n) is 14.2. The number of rotatable bonds is 49. The third kappa shape index (κ3) is 33.6. The molecule has 9 unspecified atom stereocenters. The zero-order valence-electron chi connectivity index (χ0n) is 43.0. The van der Waals surface area contributed by atoms with E-state index in [0.29, 0.717) is 19.3 Å². The quantitative estimate of drug-likeness (QED) is 0.0273. The van der Waals surface area contributed by atoms with Crippen molar-refractivity contribution < 1.29 is 50.0 Å². The van der Waals surface area contributed by atoms with Crippen LogP contribution in [0, 0.1) is 0 Å². The zero-order valence-corrected chi connectivity index (χ0v) is 43.0. The summed E-state index contributed by atoms with van der Waals surface area (Å²) in [5, 5.41) is 76.1. The Bertz CT molecular complexity index is 1040. The van der Waals surface area contributed by atoms with Crippen molar-refractivity contribution in [3.8, 4) is 0 Å². The number of amides is 1. The van der Waals surface area contributed by atoms with Crippen molar-refractivity contribution in [2.75, 3.05) is 13.2 Å². The summed E-state index contributed by atoms with van der Waals surface area (Å²) in [7, 11) is 0. The van der Waals surface area contributed by atoms with Crippen LogP contribution in [0.1, 0.15) is 277 Å². The molecule has 0 spiro atoms. The minimum Gasteiger partial charge on any atom is -0.394 e. The van der Waals surface area contributed by atoms with Crippen molar-refractivity contribution in [2.45, 2.75) is 332 Å². The molecule has 1 rings (SSSR count). The Morgan fingerprint density at radius 1 is 0.470 bits per heavy atom. The second-order valence-electron chi connectivity index (χ2n) is 20.4. The number of nitrogens with one attached hydrogen (secondary N) is 1. The Morgan fingerprint density at radius 3 is 1.12 bits per heavy atom. The molecule has 394 valence electrons. The van der Waals surface area contributed by atoms with Gasteiger partial charge in [-0.3, -0.25) is 4.79 Å². The summed E-state index contributed by atoms with van der Waals surface area (Å²) in [6.07, 6.45) is 38.7. The van der Waals surface area contributed by atoms with Crippen LogP contribution in [0.25, 0.3) is 0 Å². The number of aliphatic hydroxyl groups excluding tert-OH is 7. The second-order valence-corrected chi connectivity index (χ2v) is 20.4. The highest BCUT2D eigenvalue weighted by atomic mass is 16.7. The average molecular weight is 944 g/mol. The summed E-state index contributed by atoms with van der Waals surface area (Å²) in [4.78, 5) is 13.2. The van der Waals surface area contributed by atoms with Crippen molar-refractivity contribution in [3.05, 3.63) is 0 Å². The number of carbonyl (C=O) groups is 1. The smallest absolute Gasteiger partial charge is 0.249 e. The fourth-order valence-electron chi connectivity index (χ4n) is 9.50. The zero-order chi connectivity index (χ0) is 48.3. The van der Waals surface area contributed by atoms with Gasteiger partial charge in [-0.2, -0.15) is 0 Å². The van der Waals surface area contributed by atoms with E-state index in [-0.39, 0.29) is 6.42 Å². The highest BCUT2D eigenvalue weighted by Gasteiger charge is 2.44. The second kappa shape index (κ2) is 45.3. The minimum absolute atomic E-state index is 0.267. The first-order chi connectivity index (χ1) is 32.2. The van der Waals surface area contributed by atoms with Crippen molar-refractivity contribution in [3.63, 3.8) is 0 Å². The van der Waals surface area contributed by atoms with Gasteiger partial charge in [0.2, 0.25) is 5.91 Å². The van der Waals surface area contributed by atoms with Gasteiger partial charge >= 0.3 is 0 Å². The molecule has 8 N–H and O–H groups in total. The SMILES string of the molecule is CCCCCCCCCCCCCCCCCCCCCCCCCCC(O)C(=O)NC(COC1OC(CO)C(O)C(O)C1O)C(O)C(O)CCCCCCCCCCCCCCCCC. The van der Waals surface area contributed by atoms with Gasteiger partial charge in [-0.1, -0.05) is 264 Å². The average Bonchev–Trinajstić information content (AvgIpc) is 3.32. The van der Waals surface area contributed by atoms with Crippen molar-refractivity contribution in [2.24, 2.45) is 0 Å². The van der Waals surface area contributed by atoms with Crippen LogP contribution in [-0.4, -0.2) is 110 Å². The van der Waals surface area contributed by atoms with Crippen LogP contribution in [0.15, 0.2) is 0 Å². The molecule has 0 aromatic heterocycles. The Balaban J connectivity index is 2.28. The number of hydrogen-bond donors (Lipinski definition) is 8. The van der Waals surface area contributed by atoms with E-state index >= 15 is 0 Å². The van der Waals surface area contributed by atoms with E-state index in [1.54, 1.807) is 0 Å². The van der Waals surface area contributed by atoms with Crippen molar-refractivity contribution in [1.29, 1.82) is 0 Å². The van der Waals surface area contributed by atoms with Crippen molar-refractivity contribution in [1.82, 2.24) is 5.32 Å². The fraction of sp³-hybridized carbons (Fsp3) is 0.982. The van der Waals surface area contributed by atoms with Gasteiger partial charge in [0, 0.05) is 0 Å². The van der Waals surface area contributed by atoms with Gasteiger partial charge in [0.05, 0.1) is 25.4 Å². The normalized spacial score (nSPS) is 20.7. The lowest BCUT2D eigenvalue weighted by molar-refractivity contribution is -0.303. The van der Waals surface area contributed by atoms with Crippen LogP contribution >= 0.6 is 0 Å². The first-order valence-corrected chi connectivity index (χ1v) is 28.4. The molecule has 0 saturated carbocycles. The first-order valence-electron chi connectivity index (χ1n) is 28.4. The number of hydrogen-bond acceptors (Lipinski definition) is 10. The summed E-state index contributed by atoms with van der Waals surface area (Å²) in [5.74, 6) is -0.690. The van der Waals surface area contributed by atoms with Crippen LogP contribution in [0.5, 0.6) is 0 Å². The fourth-order valence-corrected chi connectivity index (χ4v) is 9.50. The van der Waals surface area contributed by atoms with Crippen LogP contribution in [0.4, 0.5) is 0 Å². The molecule has 9 atom stereocenters. The number of aliphatic hydroxyl groups is 7. The first kappa shape index (κ1) is 63.1. The van der Waals surface area contributed by atoms with E-state index in [9.17, 15) is 40.5 Å². The maximum Gasteiger partial charge on any atom is 0.249 e. The van der Waals surface area contributed by atoms with E-state index in [1.165, 1.54) is 199 Å². The predicted molar refractivity (Wildman–Crippen MR) is 270 cm³/mol. The lowest BCUT2D eigenvalue weighted by Gasteiger charge is -2.40. The Labute approximate surface area is 405 Å². The molecule has 0 radical (unpaired) electrons. The molecule has 66 heavy (non-hydrogen) atoms. The molecule has 11 nitrogen and oxygen atoms in total. The maximum absolute atomic E-state index is 13.2. The highest BCUT2D eigenvalue weighted by Crippen LogP contribution is 2.24. The summed E-state index contributed by atoms with van der Waals surface area (Å²) >= 11 is 0. The molecule has 0 bridgehead atoms. The van der Waals surface area contributed by atoms with Gasteiger partial charge in [0.25, 0.3) is 0 Å². The molecule has 1 aliphatic heterocycles. The molecule has 0 aliphatic carbocycles. The van der Waals surface area contributed by atoms with Gasteiger partial charge in [0.1, 0.15) is 36.6 Å². The Kier molecular flexibility index (Phi) is 43.3. The molecule has 1 heterocycles. The lowest BCUT2D eigenvalue weighted by Crippen LogP contribution is -2.60. The number of ether oxygens (including phenoxy) is 2. The van der Waals surface area contributed by atoms with Gasteiger partial charge in [-0.05, 0) is 12.8 Å². The third-order valence-corrected chi connectivity index (χ3v) is 14.2. The molecule has 0 aromatic carbocycles. The maximum atomic E-state index is 13.2. The highest BCUT2D eigenvalue weighted by molar-refractivity contribution is 5.80. The van der Waals surface area contributed by atoms with E-state index in [4.69, 9.17) is 9.47 Å². The largest absolute Gasteiger partial charge is 0.394 e. The van der Waals surface area contributed by atoms with E-state index in [1.807, 2.05) is 0 Å². The molecule has 0 aromatic rings. The molecule has 11 heteroatoms. The Hall–Kier alpha value is -0.890. The van der Waals surface area contributed by atoms with Gasteiger partial charge in [0.15, 0.2) is 6.29 Å². The van der Waals surface area contributed by atoms with Gasteiger partial charge < -0.3 is 50.5 Å². The summed E-state index contributed by atoms with van der Waals surface area (Å²) in [6.45, 7) is 3.49.